The maximum atomic E-state index is 4.25. The fraction of sp³-hybridized carbons (Fsp3) is 0.111. The predicted octanol–water partition coefficient (Wildman–Crippen LogP) is 2.50. The SMILES string of the molecule is C=CCc1[c]cccc1S. The molecule has 1 heteroatoms. The van der Waals surface area contributed by atoms with Crippen LogP contribution >= 0.6 is 12.6 Å². The zero-order valence-electron chi connectivity index (χ0n) is 5.67. The van der Waals surface area contributed by atoms with E-state index in [0.29, 0.717) is 0 Å². The highest BCUT2D eigenvalue weighted by Crippen LogP contribution is 2.12. The Hall–Kier alpha value is -0.690. The van der Waals surface area contributed by atoms with E-state index in [0.717, 1.165) is 16.9 Å². The molecule has 1 rings (SSSR count). The van der Waals surface area contributed by atoms with Gasteiger partial charge in [0.1, 0.15) is 0 Å². The maximum Gasteiger partial charge on any atom is 0.00813 e. The van der Waals surface area contributed by atoms with E-state index in [4.69, 9.17) is 0 Å². The van der Waals surface area contributed by atoms with Crippen molar-refractivity contribution in [2.75, 3.05) is 0 Å². The summed E-state index contributed by atoms with van der Waals surface area (Å²) in [5.74, 6) is 0. The van der Waals surface area contributed by atoms with Crippen molar-refractivity contribution in [1.82, 2.24) is 0 Å². The molecule has 10 heavy (non-hydrogen) atoms. The summed E-state index contributed by atoms with van der Waals surface area (Å²) >= 11 is 4.25. The molecule has 1 radical (unpaired) electrons. The molecule has 0 saturated heterocycles. The number of rotatable bonds is 2. The van der Waals surface area contributed by atoms with E-state index in [1.807, 2.05) is 24.3 Å². The van der Waals surface area contributed by atoms with Crippen LogP contribution in [0.15, 0.2) is 35.7 Å². The number of thiol groups is 1. The van der Waals surface area contributed by atoms with Gasteiger partial charge in [-0.25, -0.2) is 0 Å². The van der Waals surface area contributed by atoms with Gasteiger partial charge in [0.2, 0.25) is 0 Å². The standard InChI is InChI=1S/C9H9S/c1-2-5-8-6-3-4-7-9(8)10/h2-4,7,10H,1,5H2. The van der Waals surface area contributed by atoms with Crippen LogP contribution in [0, 0.1) is 6.07 Å². The number of hydrogen-bond acceptors (Lipinski definition) is 1. The van der Waals surface area contributed by atoms with Gasteiger partial charge in [-0.3, -0.25) is 0 Å². The Kier molecular flexibility index (Phi) is 2.57. The number of allylic oxidation sites excluding steroid dienone is 1. The Morgan fingerprint density at radius 3 is 3.10 bits per heavy atom. The predicted molar refractivity (Wildman–Crippen MR) is 46.4 cm³/mol. The van der Waals surface area contributed by atoms with Gasteiger partial charge in [-0.05, 0) is 24.1 Å². The minimum absolute atomic E-state index is 0.847. The van der Waals surface area contributed by atoms with E-state index in [9.17, 15) is 0 Å². The molecule has 0 aromatic heterocycles. The van der Waals surface area contributed by atoms with Crippen molar-refractivity contribution in [3.05, 3.63) is 42.5 Å². The van der Waals surface area contributed by atoms with Crippen molar-refractivity contribution >= 4 is 12.6 Å². The fourth-order valence-electron chi connectivity index (χ4n) is 0.770. The van der Waals surface area contributed by atoms with E-state index >= 15 is 0 Å². The molecule has 0 aliphatic carbocycles. The van der Waals surface area contributed by atoms with Gasteiger partial charge in [0.15, 0.2) is 0 Å². The Bertz CT molecular complexity index is 228. The molecule has 0 aliphatic heterocycles. The van der Waals surface area contributed by atoms with Crippen molar-refractivity contribution < 1.29 is 0 Å². The average molecular weight is 149 g/mol. The molecule has 0 fully saturated rings. The van der Waals surface area contributed by atoms with Crippen molar-refractivity contribution in [1.29, 1.82) is 0 Å². The van der Waals surface area contributed by atoms with E-state index < -0.39 is 0 Å². The van der Waals surface area contributed by atoms with Crippen LogP contribution in [0.5, 0.6) is 0 Å². The van der Waals surface area contributed by atoms with Gasteiger partial charge in [0.05, 0.1) is 0 Å². The molecule has 0 spiro atoms. The molecule has 0 amide bonds. The van der Waals surface area contributed by atoms with Gasteiger partial charge in [-0.1, -0.05) is 18.2 Å². The first kappa shape index (κ1) is 7.42. The Morgan fingerprint density at radius 1 is 1.70 bits per heavy atom. The first-order valence-corrected chi connectivity index (χ1v) is 3.58. The van der Waals surface area contributed by atoms with Crippen LogP contribution in [0.3, 0.4) is 0 Å². The zero-order valence-corrected chi connectivity index (χ0v) is 6.57. The summed E-state index contributed by atoms with van der Waals surface area (Å²) < 4.78 is 0. The number of hydrogen-bond donors (Lipinski definition) is 1. The summed E-state index contributed by atoms with van der Waals surface area (Å²) in [4.78, 5) is 0.988. The molecule has 0 nitrogen and oxygen atoms in total. The van der Waals surface area contributed by atoms with Crippen LogP contribution in [0.1, 0.15) is 5.56 Å². The molecule has 0 atom stereocenters. The molecule has 1 aromatic rings. The summed E-state index contributed by atoms with van der Waals surface area (Å²) in [7, 11) is 0. The van der Waals surface area contributed by atoms with Gasteiger partial charge in [0, 0.05) is 4.90 Å². The van der Waals surface area contributed by atoms with E-state index in [2.05, 4.69) is 25.3 Å². The topological polar surface area (TPSA) is 0 Å². The quantitative estimate of drug-likeness (QED) is 0.485. The van der Waals surface area contributed by atoms with Crippen molar-refractivity contribution in [3.8, 4) is 0 Å². The van der Waals surface area contributed by atoms with E-state index in [-0.39, 0.29) is 0 Å². The lowest BCUT2D eigenvalue weighted by atomic mass is 10.1. The molecule has 0 N–H and O–H groups in total. The van der Waals surface area contributed by atoms with Crippen LogP contribution in [0.2, 0.25) is 0 Å². The van der Waals surface area contributed by atoms with Crippen LogP contribution in [0.25, 0.3) is 0 Å². The minimum atomic E-state index is 0.847. The highest BCUT2D eigenvalue weighted by atomic mass is 32.1. The monoisotopic (exact) mass is 149 g/mol. The third-order valence-electron chi connectivity index (χ3n) is 1.27. The van der Waals surface area contributed by atoms with Crippen molar-refractivity contribution in [3.63, 3.8) is 0 Å². The summed E-state index contributed by atoms with van der Waals surface area (Å²) in [6.07, 6.45) is 2.70. The summed E-state index contributed by atoms with van der Waals surface area (Å²) in [6, 6.07) is 8.86. The summed E-state index contributed by atoms with van der Waals surface area (Å²) in [6.45, 7) is 3.64. The van der Waals surface area contributed by atoms with Crippen molar-refractivity contribution in [2.45, 2.75) is 11.3 Å². The second-order valence-corrected chi connectivity index (χ2v) is 2.51. The van der Waals surface area contributed by atoms with Crippen LogP contribution in [-0.2, 0) is 6.42 Å². The highest BCUT2D eigenvalue weighted by molar-refractivity contribution is 7.80. The Labute approximate surface area is 67.0 Å². The van der Waals surface area contributed by atoms with Crippen LogP contribution in [-0.4, -0.2) is 0 Å². The molecule has 51 valence electrons. The molecule has 0 aliphatic rings. The molecule has 1 aromatic carbocycles. The van der Waals surface area contributed by atoms with Gasteiger partial charge in [-0.15, -0.1) is 19.2 Å². The van der Waals surface area contributed by atoms with Gasteiger partial charge < -0.3 is 0 Å². The Balaban J connectivity index is 2.91. The summed E-state index contributed by atoms with van der Waals surface area (Å²) in [5.41, 5.74) is 1.11. The third kappa shape index (κ3) is 1.64. The molecular weight excluding hydrogens is 140 g/mol. The normalized spacial score (nSPS) is 9.30. The highest BCUT2D eigenvalue weighted by Gasteiger charge is 1.92. The lowest BCUT2D eigenvalue weighted by Gasteiger charge is -1.97. The lowest BCUT2D eigenvalue weighted by molar-refractivity contribution is 1.18. The lowest BCUT2D eigenvalue weighted by Crippen LogP contribution is -1.81. The molecule has 0 saturated carbocycles. The van der Waals surface area contributed by atoms with E-state index in [1.54, 1.807) is 0 Å². The van der Waals surface area contributed by atoms with Gasteiger partial charge in [-0.2, -0.15) is 0 Å². The smallest absolute Gasteiger partial charge is 0.00813 e. The van der Waals surface area contributed by atoms with Gasteiger partial charge >= 0.3 is 0 Å². The fourth-order valence-corrected chi connectivity index (χ4v) is 1.01. The summed E-state index contributed by atoms with van der Waals surface area (Å²) in [5, 5.41) is 0. The largest absolute Gasteiger partial charge is 0.143 e. The van der Waals surface area contributed by atoms with Crippen molar-refractivity contribution in [2.24, 2.45) is 0 Å². The zero-order chi connectivity index (χ0) is 7.40. The van der Waals surface area contributed by atoms with Crippen LogP contribution < -0.4 is 0 Å². The molecule has 0 heterocycles. The minimum Gasteiger partial charge on any atom is -0.143 e. The molecule has 0 bridgehead atoms. The maximum absolute atomic E-state index is 4.25. The molecule has 0 unspecified atom stereocenters. The Morgan fingerprint density at radius 2 is 2.50 bits per heavy atom. The number of benzene rings is 1. The second-order valence-electron chi connectivity index (χ2n) is 2.03. The second kappa shape index (κ2) is 3.47. The average Bonchev–Trinajstić information content (AvgIpc) is 1.94. The first-order valence-electron chi connectivity index (χ1n) is 3.14. The first-order chi connectivity index (χ1) is 4.84. The third-order valence-corrected chi connectivity index (χ3v) is 1.68. The van der Waals surface area contributed by atoms with Crippen LogP contribution in [0.4, 0.5) is 0 Å². The molecular formula is C9H9S. The van der Waals surface area contributed by atoms with E-state index in [1.165, 1.54) is 0 Å². The van der Waals surface area contributed by atoms with Gasteiger partial charge in [0.25, 0.3) is 0 Å².